The zero-order valence-corrected chi connectivity index (χ0v) is 18.5. The van der Waals surface area contributed by atoms with E-state index >= 15 is 0 Å². The molecule has 5 heteroatoms. The Morgan fingerprint density at radius 1 is 1.24 bits per heavy atom. The molecule has 3 heterocycles. The molecule has 0 radical (unpaired) electrons. The number of para-hydroxylation sites is 1. The highest BCUT2D eigenvalue weighted by Gasteiger charge is 2.37. The van der Waals surface area contributed by atoms with Crippen molar-refractivity contribution in [1.82, 2.24) is 9.88 Å². The average Bonchev–Trinajstić information content (AvgIpc) is 3.25. The van der Waals surface area contributed by atoms with Crippen LogP contribution in [-0.4, -0.2) is 10.5 Å². The second kappa shape index (κ2) is 6.63. The number of carbonyl (C=O) groups is 1. The quantitative estimate of drug-likeness (QED) is 0.591. The lowest BCUT2D eigenvalue weighted by atomic mass is 9.69. The summed E-state index contributed by atoms with van der Waals surface area (Å²) >= 11 is 1.80. The summed E-state index contributed by atoms with van der Waals surface area (Å²) in [5.74, 6) is 0.763. The minimum atomic E-state index is -0.191. The number of thiophene rings is 1. The van der Waals surface area contributed by atoms with Gasteiger partial charge in [-0.05, 0) is 42.2 Å². The van der Waals surface area contributed by atoms with Gasteiger partial charge >= 0.3 is 0 Å². The molecule has 5 rings (SSSR count). The monoisotopic (exact) mass is 407 g/mol. The Morgan fingerprint density at radius 2 is 2.03 bits per heavy atom. The smallest absolute Gasteiger partial charge is 0.256 e. The molecular weight excluding hydrogens is 378 g/mol. The summed E-state index contributed by atoms with van der Waals surface area (Å²) in [6, 6.07) is 8.36. The molecular formula is C24H29N3OS. The topological polar surface area (TPSA) is 46.1 Å². The Bertz CT molecular complexity index is 1110. The molecule has 2 atom stereocenters. The highest BCUT2D eigenvalue weighted by Crippen LogP contribution is 2.47. The van der Waals surface area contributed by atoms with Crippen LogP contribution in [0.1, 0.15) is 66.1 Å². The van der Waals surface area contributed by atoms with Gasteiger partial charge in [0.15, 0.2) is 0 Å². The third kappa shape index (κ3) is 2.90. The van der Waals surface area contributed by atoms with Crippen LogP contribution in [0.15, 0.2) is 30.5 Å². The summed E-state index contributed by atoms with van der Waals surface area (Å²) in [6.07, 6.45) is 6.42. The second-order valence-electron chi connectivity index (χ2n) is 9.25. The van der Waals surface area contributed by atoms with Crippen LogP contribution >= 0.6 is 11.3 Å². The summed E-state index contributed by atoms with van der Waals surface area (Å²) in [7, 11) is 2.06. The molecule has 0 saturated carbocycles. The van der Waals surface area contributed by atoms with Gasteiger partial charge < -0.3 is 15.2 Å². The Kier molecular flexibility index (Phi) is 4.28. The first-order valence-electron chi connectivity index (χ1n) is 10.6. The van der Waals surface area contributed by atoms with Crippen LogP contribution in [0.25, 0.3) is 10.9 Å². The van der Waals surface area contributed by atoms with Crippen LogP contribution in [0.3, 0.4) is 0 Å². The number of anilines is 1. The van der Waals surface area contributed by atoms with E-state index in [4.69, 9.17) is 0 Å². The third-order valence-corrected chi connectivity index (χ3v) is 8.48. The fraction of sp³-hybridized carbons (Fsp3) is 0.458. The predicted molar refractivity (Wildman–Crippen MR) is 121 cm³/mol. The minimum absolute atomic E-state index is 0.0717. The van der Waals surface area contributed by atoms with Gasteiger partial charge in [0.2, 0.25) is 0 Å². The molecule has 0 fully saturated rings. The van der Waals surface area contributed by atoms with Crippen molar-refractivity contribution in [2.24, 2.45) is 18.4 Å². The van der Waals surface area contributed by atoms with Crippen molar-refractivity contribution in [1.29, 1.82) is 0 Å². The third-order valence-electron chi connectivity index (χ3n) is 7.30. The molecule has 2 aromatic heterocycles. The summed E-state index contributed by atoms with van der Waals surface area (Å²) in [4.78, 5) is 14.5. The number of nitrogens with one attached hydrogen (secondary N) is 2. The maximum Gasteiger partial charge on any atom is 0.256 e. The number of amides is 1. The number of benzene rings is 1. The van der Waals surface area contributed by atoms with E-state index in [1.807, 2.05) is 0 Å². The lowest BCUT2D eigenvalue weighted by molar-refractivity contribution is 0.0935. The van der Waals surface area contributed by atoms with E-state index in [1.54, 1.807) is 11.3 Å². The van der Waals surface area contributed by atoms with Gasteiger partial charge in [0.25, 0.3) is 5.91 Å². The molecule has 0 saturated heterocycles. The van der Waals surface area contributed by atoms with Gasteiger partial charge in [0.05, 0.1) is 5.56 Å². The molecule has 0 unspecified atom stereocenters. The van der Waals surface area contributed by atoms with E-state index in [1.165, 1.54) is 34.2 Å². The molecule has 152 valence electrons. The van der Waals surface area contributed by atoms with E-state index in [0.29, 0.717) is 11.3 Å². The number of nitrogens with zero attached hydrogens (tertiary/aromatic N) is 1. The molecule has 1 aromatic carbocycles. The molecule has 0 spiro atoms. The van der Waals surface area contributed by atoms with Crippen molar-refractivity contribution >= 4 is 33.1 Å². The normalized spacial score (nSPS) is 21.4. The zero-order valence-electron chi connectivity index (χ0n) is 17.6. The van der Waals surface area contributed by atoms with Gasteiger partial charge in [-0.3, -0.25) is 4.79 Å². The first-order valence-corrected chi connectivity index (χ1v) is 11.5. The van der Waals surface area contributed by atoms with Crippen LogP contribution in [0.2, 0.25) is 0 Å². The van der Waals surface area contributed by atoms with E-state index in [9.17, 15) is 4.79 Å². The SMILES string of the molecule is CCC(C)(C)[C@H]1CCc2c(sc3c2C(=O)N[C@H](c2cn(C)c4ccccc24)N3)C1. The number of rotatable bonds is 3. The van der Waals surface area contributed by atoms with Gasteiger partial charge in [0, 0.05) is 34.6 Å². The second-order valence-corrected chi connectivity index (χ2v) is 10.4. The molecule has 0 bridgehead atoms. The Balaban J connectivity index is 1.50. The van der Waals surface area contributed by atoms with Gasteiger partial charge in [-0.15, -0.1) is 11.3 Å². The number of aromatic nitrogens is 1. The highest BCUT2D eigenvalue weighted by atomic mass is 32.1. The first kappa shape index (κ1) is 18.7. The van der Waals surface area contributed by atoms with Gasteiger partial charge in [-0.2, -0.15) is 0 Å². The van der Waals surface area contributed by atoms with Crippen molar-refractivity contribution < 1.29 is 4.79 Å². The minimum Gasteiger partial charge on any atom is -0.353 e. The molecule has 1 aliphatic carbocycles. The lowest BCUT2D eigenvalue weighted by Gasteiger charge is -2.36. The molecule has 1 aliphatic heterocycles. The van der Waals surface area contributed by atoms with Crippen molar-refractivity contribution in [3.8, 4) is 0 Å². The standard InChI is InChI=1S/C24H29N3OS/c1-5-24(2,3)14-10-11-16-19(12-14)29-23-20(16)22(28)25-21(26-23)17-13-27(4)18-9-7-6-8-15(17)18/h6-9,13-14,21,26H,5,10-12H2,1-4H3,(H,25,28)/t14-,21-/m0/s1. The number of hydrogen-bond acceptors (Lipinski definition) is 3. The molecule has 3 aromatic rings. The highest BCUT2D eigenvalue weighted by molar-refractivity contribution is 7.16. The van der Waals surface area contributed by atoms with Gasteiger partial charge in [-0.25, -0.2) is 0 Å². The maximum atomic E-state index is 13.1. The summed E-state index contributed by atoms with van der Waals surface area (Å²) < 4.78 is 2.13. The molecule has 29 heavy (non-hydrogen) atoms. The number of aryl methyl sites for hydroxylation is 1. The van der Waals surface area contributed by atoms with E-state index in [0.717, 1.165) is 29.0 Å². The lowest BCUT2D eigenvalue weighted by Crippen LogP contribution is -2.38. The van der Waals surface area contributed by atoms with Gasteiger partial charge in [-0.1, -0.05) is 45.4 Å². The Labute approximate surface area is 176 Å². The predicted octanol–water partition coefficient (Wildman–Crippen LogP) is 5.64. The van der Waals surface area contributed by atoms with Crippen LogP contribution in [-0.2, 0) is 19.9 Å². The van der Waals surface area contributed by atoms with Crippen LogP contribution in [0, 0.1) is 11.3 Å². The van der Waals surface area contributed by atoms with E-state index in [-0.39, 0.29) is 12.1 Å². The van der Waals surface area contributed by atoms with Crippen LogP contribution < -0.4 is 10.6 Å². The molecule has 2 N–H and O–H groups in total. The first-order chi connectivity index (χ1) is 13.9. The van der Waals surface area contributed by atoms with Crippen molar-refractivity contribution in [2.45, 2.75) is 52.6 Å². The zero-order chi connectivity index (χ0) is 20.3. The van der Waals surface area contributed by atoms with Crippen LogP contribution in [0.4, 0.5) is 5.00 Å². The van der Waals surface area contributed by atoms with E-state index < -0.39 is 0 Å². The number of carbonyl (C=O) groups excluding carboxylic acids is 1. The summed E-state index contributed by atoms with van der Waals surface area (Å²) in [5, 5.41) is 9.10. The Hall–Kier alpha value is -2.27. The van der Waals surface area contributed by atoms with Crippen molar-refractivity contribution in [3.05, 3.63) is 52.0 Å². The Morgan fingerprint density at radius 3 is 2.83 bits per heavy atom. The molecule has 1 amide bonds. The van der Waals surface area contributed by atoms with Crippen molar-refractivity contribution in [3.63, 3.8) is 0 Å². The van der Waals surface area contributed by atoms with Gasteiger partial charge in [0.1, 0.15) is 11.2 Å². The van der Waals surface area contributed by atoms with Crippen molar-refractivity contribution in [2.75, 3.05) is 5.32 Å². The fourth-order valence-electron chi connectivity index (χ4n) is 5.01. The summed E-state index contributed by atoms with van der Waals surface area (Å²) in [5.41, 5.74) is 4.84. The molecule has 2 aliphatic rings. The fourth-order valence-corrected chi connectivity index (χ4v) is 6.37. The molecule has 4 nitrogen and oxygen atoms in total. The largest absolute Gasteiger partial charge is 0.353 e. The van der Waals surface area contributed by atoms with E-state index in [2.05, 4.69) is 73.5 Å². The summed E-state index contributed by atoms with van der Waals surface area (Å²) in [6.45, 7) is 7.06. The average molecular weight is 408 g/mol. The number of hydrogen-bond donors (Lipinski definition) is 2. The maximum absolute atomic E-state index is 13.1. The number of fused-ring (bicyclic) bond motifs is 4. The van der Waals surface area contributed by atoms with Crippen LogP contribution in [0.5, 0.6) is 0 Å².